The van der Waals surface area contributed by atoms with Gasteiger partial charge in [0.25, 0.3) is 0 Å². The number of nitrogens with one attached hydrogen (secondary N) is 2. The molecule has 1 aliphatic heterocycles. The molecule has 0 spiro atoms. The average Bonchev–Trinajstić information content (AvgIpc) is 2.86. The summed E-state index contributed by atoms with van der Waals surface area (Å²) in [6.45, 7) is 0.880. The lowest BCUT2D eigenvalue weighted by atomic mass is 10.0. The van der Waals surface area contributed by atoms with Gasteiger partial charge in [0.2, 0.25) is 5.91 Å². The number of hydrogen-bond donors (Lipinski definition) is 3. The van der Waals surface area contributed by atoms with E-state index in [1.807, 2.05) is 0 Å². The Labute approximate surface area is 94.6 Å². The molecule has 2 fully saturated rings. The standard InChI is InChI=1S/C11H18N2O3/c14-10(9-5-2-6-12-9)13-8-4-1-3-7(8)11(15)16/h7-9,12H,1-6H2,(H,13,14)(H,15,16). The highest BCUT2D eigenvalue weighted by Gasteiger charge is 2.35. The topological polar surface area (TPSA) is 78.4 Å². The van der Waals surface area contributed by atoms with Crippen molar-refractivity contribution in [1.29, 1.82) is 0 Å². The smallest absolute Gasteiger partial charge is 0.308 e. The highest BCUT2D eigenvalue weighted by Crippen LogP contribution is 2.26. The Morgan fingerprint density at radius 2 is 2.00 bits per heavy atom. The number of hydrogen-bond acceptors (Lipinski definition) is 3. The third-order valence-electron chi connectivity index (χ3n) is 3.54. The van der Waals surface area contributed by atoms with Crippen LogP contribution in [0.5, 0.6) is 0 Å². The number of carboxylic acid groups (broad SMARTS) is 1. The number of carbonyl (C=O) groups is 2. The van der Waals surface area contributed by atoms with E-state index in [4.69, 9.17) is 5.11 Å². The Balaban J connectivity index is 1.88. The van der Waals surface area contributed by atoms with Gasteiger partial charge in [-0.05, 0) is 32.2 Å². The molecule has 0 aromatic heterocycles. The van der Waals surface area contributed by atoms with Crippen molar-refractivity contribution in [3.8, 4) is 0 Å². The molecule has 0 aromatic carbocycles. The first-order valence-electron chi connectivity index (χ1n) is 5.95. The van der Waals surface area contributed by atoms with E-state index in [0.717, 1.165) is 32.2 Å². The Hall–Kier alpha value is -1.10. The van der Waals surface area contributed by atoms with E-state index in [2.05, 4.69) is 10.6 Å². The van der Waals surface area contributed by atoms with Crippen LogP contribution >= 0.6 is 0 Å². The number of amides is 1. The molecule has 3 N–H and O–H groups in total. The van der Waals surface area contributed by atoms with Gasteiger partial charge in [0.15, 0.2) is 0 Å². The first-order chi connectivity index (χ1) is 7.68. The largest absolute Gasteiger partial charge is 0.481 e. The van der Waals surface area contributed by atoms with E-state index in [1.165, 1.54) is 0 Å². The molecule has 1 saturated carbocycles. The molecule has 0 radical (unpaired) electrons. The summed E-state index contributed by atoms with van der Waals surface area (Å²) in [7, 11) is 0. The summed E-state index contributed by atoms with van der Waals surface area (Å²) in [6, 6.07) is -0.289. The lowest BCUT2D eigenvalue weighted by Crippen LogP contribution is -2.47. The van der Waals surface area contributed by atoms with Gasteiger partial charge in [-0.15, -0.1) is 0 Å². The van der Waals surface area contributed by atoms with Crippen LogP contribution < -0.4 is 10.6 Å². The maximum absolute atomic E-state index is 11.8. The van der Waals surface area contributed by atoms with Crippen molar-refractivity contribution < 1.29 is 14.7 Å². The molecule has 16 heavy (non-hydrogen) atoms. The van der Waals surface area contributed by atoms with E-state index >= 15 is 0 Å². The number of carbonyl (C=O) groups excluding carboxylic acids is 1. The number of aliphatic carboxylic acids is 1. The number of rotatable bonds is 3. The van der Waals surface area contributed by atoms with Crippen LogP contribution in [0.25, 0.3) is 0 Å². The van der Waals surface area contributed by atoms with Gasteiger partial charge in [-0.3, -0.25) is 9.59 Å². The SMILES string of the molecule is O=C(NC1CCCC1C(=O)O)C1CCCN1. The van der Waals surface area contributed by atoms with Crippen molar-refractivity contribution in [2.75, 3.05) is 6.54 Å². The van der Waals surface area contributed by atoms with Gasteiger partial charge < -0.3 is 15.7 Å². The first kappa shape index (κ1) is 11.4. The third-order valence-corrected chi connectivity index (χ3v) is 3.54. The second-order valence-electron chi connectivity index (χ2n) is 4.64. The molecule has 90 valence electrons. The Morgan fingerprint density at radius 1 is 1.19 bits per heavy atom. The van der Waals surface area contributed by atoms with Crippen molar-refractivity contribution in [2.24, 2.45) is 5.92 Å². The van der Waals surface area contributed by atoms with Crippen molar-refractivity contribution in [1.82, 2.24) is 10.6 Å². The molecule has 5 nitrogen and oxygen atoms in total. The quantitative estimate of drug-likeness (QED) is 0.638. The zero-order valence-corrected chi connectivity index (χ0v) is 9.24. The maximum atomic E-state index is 11.8. The van der Waals surface area contributed by atoms with E-state index in [-0.39, 0.29) is 18.0 Å². The predicted octanol–water partition coefficient (Wildman–Crippen LogP) is 0.108. The van der Waals surface area contributed by atoms with Crippen LogP contribution in [0.4, 0.5) is 0 Å². The zero-order valence-electron chi connectivity index (χ0n) is 9.24. The Morgan fingerprint density at radius 3 is 2.62 bits per heavy atom. The maximum Gasteiger partial charge on any atom is 0.308 e. The van der Waals surface area contributed by atoms with E-state index in [1.54, 1.807) is 0 Å². The molecule has 2 aliphatic rings. The molecule has 1 heterocycles. The van der Waals surface area contributed by atoms with E-state index in [9.17, 15) is 9.59 Å². The minimum atomic E-state index is -0.790. The highest BCUT2D eigenvalue weighted by molar-refractivity contribution is 5.83. The van der Waals surface area contributed by atoms with Crippen molar-refractivity contribution in [3.63, 3.8) is 0 Å². The molecule has 1 amide bonds. The predicted molar refractivity (Wildman–Crippen MR) is 57.9 cm³/mol. The van der Waals surface area contributed by atoms with Gasteiger partial charge in [0, 0.05) is 6.04 Å². The average molecular weight is 226 g/mol. The van der Waals surface area contributed by atoms with Crippen LogP contribution in [0.15, 0.2) is 0 Å². The summed E-state index contributed by atoms with van der Waals surface area (Å²) >= 11 is 0. The highest BCUT2D eigenvalue weighted by atomic mass is 16.4. The van der Waals surface area contributed by atoms with Crippen LogP contribution in [-0.2, 0) is 9.59 Å². The molecule has 1 saturated heterocycles. The summed E-state index contributed by atoms with van der Waals surface area (Å²) in [5.41, 5.74) is 0. The first-order valence-corrected chi connectivity index (χ1v) is 5.95. The summed E-state index contributed by atoms with van der Waals surface area (Å²) in [5, 5.41) is 15.0. The summed E-state index contributed by atoms with van der Waals surface area (Å²) < 4.78 is 0. The lowest BCUT2D eigenvalue weighted by Gasteiger charge is -2.20. The summed E-state index contributed by atoms with van der Waals surface area (Å²) in [5.74, 6) is -1.22. The van der Waals surface area contributed by atoms with Gasteiger partial charge in [-0.1, -0.05) is 6.42 Å². The minimum Gasteiger partial charge on any atom is -0.481 e. The molecule has 5 heteroatoms. The van der Waals surface area contributed by atoms with E-state index < -0.39 is 11.9 Å². The van der Waals surface area contributed by atoms with Crippen molar-refractivity contribution >= 4 is 11.9 Å². The molecule has 1 aliphatic carbocycles. The number of carboxylic acids is 1. The van der Waals surface area contributed by atoms with Gasteiger partial charge in [0.1, 0.15) is 0 Å². The minimum absolute atomic E-state index is 0.0318. The monoisotopic (exact) mass is 226 g/mol. The Kier molecular flexibility index (Phi) is 3.43. The van der Waals surface area contributed by atoms with Gasteiger partial charge in [0.05, 0.1) is 12.0 Å². The van der Waals surface area contributed by atoms with Gasteiger partial charge in [-0.2, -0.15) is 0 Å². The normalized spacial score (nSPS) is 33.9. The molecular formula is C11H18N2O3. The molecule has 0 aromatic rings. The molecule has 2 rings (SSSR count). The second-order valence-corrected chi connectivity index (χ2v) is 4.64. The van der Waals surface area contributed by atoms with Crippen LogP contribution in [0.1, 0.15) is 32.1 Å². The fourth-order valence-electron chi connectivity index (χ4n) is 2.62. The lowest BCUT2D eigenvalue weighted by molar-refractivity contribution is -0.142. The van der Waals surface area contributed by atoms with Crippen molar-refractivity contribution in [3.05, 3.63) is 0 Å². The van der Waals surface area contributed by atoms with Crippen LogP contribution in [0.3, 0.4) is 0 Å². The van der Waals surface area contributed by atoms with Crippen molar-refractivity contribution in [2.45, 2.75) is 44.2 Å². The third kappa shape index (κ3) is 2.35. The summed E-state index contributed by atoms with van der Waals surface area (Å²) in [4.78, 5) is 22.8. The fourth-order valence-corrected chi connectivity index (χ4v) is 2.62. The van der Waals surface area contributed by atoms with Crippen LogP contribution in [-0.4, -0.2) is 35.6 Å². The molecule has 3 atom stereocenters. The zero-order chi connectivity index (χ0) is 11.5. The van der Waals surface area contributed by atoms with Gasteiger partial charge >= 0.3 is 5.97 Å². The van der Waals surface area contributed by atoms with Crippen LogP contribution in [0.2, 0.25) is 0 Å². The summed E-state index contributed by atoms with van der Waals surface area (Å²) in [6.07, 6.45) is 4.23. The second kappa shape index (κ2) is 4.82. The molecular weight excluding hydrogens is 208 g/mol. The fraction of sp³-hybridized carbons (Fsp3) is 0.818. The Bertz CT molecular complexity index is 287. The molecule has 3 unspecified atom stereocenters. The van der Waals surface area contributed by atoms with Crippen LogP contribution in [0, 0.1) is 5.92 Å². The van der Waals surface area contributed by atoms with E-state index in [0.29, 0.717) is 6.42 Å². The molecule has 0 bridgehead atoms. The van der Waals surface area contributed by atoms with Gasteiger partial charge in [-0.25, -0.2) is 0 Å².